The third-order valence-corrected chi connectivity index (χ3v) is 4.32. The van der Waals surface area contributed by atoms with E-state index in [9.17, 15) is 5.11 Å². The Balaban J connectivity index is 1.86. The minimum absolute atomic E-state index is 0.392. The van der Waals surface area contributed by atoms with Gasteiger partial charge in [-0.2, -0.15) is 0 Å². The molecule has 0 aromatic heterocycles. The Hall–Kier alpha value is -1.06. The van der Waals surface area contributed by atoms with Gasteiger partial charge in [0, 0.05) is 18.6 Å². The predicted octanol–water partition coefficient (Wildman–Crippen LogP) is 2.49. The summed E-state index contributed by atoms with van der Waals surface area (Å²) in [4.78, 5) is 2.60. The van der Waals surface area contributed by atoms with Gasteiger partial charge in [-0.15, -0.1) is 0 Å². The Morgan fingerprint density at radius 2 is 2.33 bits per heavy atom. The molecule has 0 bridgehead atoms. The van der Waals surface area contributed by atoms with E-state index >= 15 is 0 Å². The van der Waals surface area contributed by atoms with Crippen LogP contribution in [-0.4, -0.2) is 35.8 Å². The average Bonchev–Trinajstić information content (AvgIpc) is 2.81. The molecule has 98 valence electrons. The number of nitrogens with zero attached hydrogens (tertiary/aromatic N) is 1. The van der Waals surface area contributed by atoms with E-state index < -0.39 is 0 Å². The van der Waals surface area contributed by atoms with E-state index in [1.165, 1.54) is 17.5 Å². The van der Waals surface area contributed by atoms with Crippen molar-refractivity contribution >= 4 is 0 Å². The van der Waals surface area contributed by atoms with Crippen molar-refractivity contribution in [2.75, 3.05) is 19.8 Å². The molecule has 3 heteroatoms. The van der Waals surface area contributed by atoms with Crippen LogP contribution >= 0.6 is 0 Å². The Bertz CT molecular complexity index is 433. The molecule has 0 amide bonds. The molecule has 1 aliphatic carbocycles. The van der Waals surface area contributed by atoms with E-state index in [1.807, 2.05) is 12.1 Å². The summed E-state index contributed by atoms with van der Waals surface area (Å²) in [6.45, 7) is 4.98. The maximum Gasteiger partial charge on any atom is 0.115 e. The monoisotopic (exact) mass is 247 g/mol. The molecule has 1 aromatic rings. The SMILES string of the molecule is CCC1COCCN1C1CCc2cc(O)ccc21. The van der Waals surface area contributed by atoms with Crippen molar-refractivity contribution in [3.05, 3.63) is 29.3 Å². The van der Waals surface area contributed by atoms with Crippen molar-refractivity contribution < 1.29 is 9.84 Å². The van der Waals surface area contributed by atoms with Gasteiger partial charge in [-0.25, -0.2) is 0 Å². The number of ether oxygens (including phenoxy) is 1. The molecule has 1 saturated heterocycles. The summed E-state index contributed by atoms with van der Waals surface area (Å²) in [7, 11) is 0. The van der Waals surface area contributed by atoms with Crippen LogP contribution in [0.4, 0.5) is 0 Å². The van der Waals surface area contributed by atoms with E-state index in [2.05, 4.69) is 17.9 Å². The number of benzene rings is 1. The molecule has 2 unspecified atom stereocenters. The largest absolute Gasteiger partial charge is 0.508 e. The number of morpholine rings is 1. The molecule has 1 fully saturated rings. The van der Waals surface area contributed by atoms with Gasteiger partial charge in [0.15, 0.2) is 0 Å². The average molecular weight is 247 g/mol. The lowest BCUT2D eigenvalue weighted by molar-refractivity contribution is -0.0305. The highest BCUT2D eigenvalue weighted by molar-refractivity contribution is 5.40. The zero-order valence-electron chi connectivity index (χ0n) is 10.9. The molecule has 1 N–H and O–H groups in total. The molecule has 1 aliphatic heterocycles. The number of hydrogen-bond acceptors (Lipinski definition) is 3. The van der Waals surface area contributed by atoms with Gasteiger partial charge in [-0.3, -0.25) is 4.90 Å². The molecule has 0 radical (unpaired) electrons. The molecule has 18 heavy (non-hydrogen) atoms. The number of fused-ring (bicyclic) bond motifs is 1. The van der Waals surface area contributed by atoms with Crippen molar-refractivity contribution in [3.63, 3.8) is 0 Å². The molecule has 0 saturated carbocycles. The lowest BCUT2D eigenvalue weighted by Gasteiger charge is -2.39. The topological polar surface area (TPSA) is 32.7 Å². The van der Waals surface area contributed by atoms with Crippen molar-refractivity contribution in [2.24, 2.45) is 0 Å². The molecular formula is C15H21NO2. The van der Waals surface area contributed by atoms with Crippen LogP contribution in [-0.2, 0) is 11.2 Å². The molecule has 2 aliphatic rings. The van der Waals surface area contributed by atoms with Crippen molar-refractivity contribution in [1.82, 2.24) is 4.90 Å². The molecule has 2 atom stereocenters. The highest BCUT2D eigenvalue weighted by Gasteiger charge is 2.33. The first-order chi connectivity index (χ1) is 8.79. The Labute approximate surface area is 108 Å². The standard InChI is InChI=1S/C15H21NO2/c1-2-12-10-18-8-7-16(12)15-6-3-11-9-13(17)4-5-14(11)15/h4-5,9,12,15,17H,2-3,6-8,10H2,1H3. The van der Waals surface area contributed by atoms with Crippen molar-refractivity contribution in [3.8, 4) is 5.75 Å². The molecule has 0 spiro atoms. The van der Waals surface area contributed by atoms with E-state index in [4.69, 9.17) is 4.74 Å². The summed E-state index contributed by atoms with van der Waals surface area (Å²) in [5.74, 6) is 0.392. The van der Waals surface area contributed by atoms with Crippen LogP contribution in [0.1, 0.15) is 36.9 Å². The first-order valence-corrected chi connectivity index (χ1v) is 6.95. The maximum atomic E-state index is 9.56. The van der Waals surface area contributed by atoms with Gasteiger partial charge in [0.05, 0.1) is 13.2 Å². The van der Waals surface area contributed by atoms with Crippen LogP contribution in [0.15, 0.2) is 18.2 Å². The Morgan fingerprint density at radius 3 is 3.17 bits per heavy atom. The number of phenols is 1. The highest BCUT2D eigenvalue weighted by atomic mass is 16.5. The van der Waals surface area contributed by atoms with E-state index in [-0.39, 0.29) is 0 Å². The maximum absolute atomic E-state index is 9.56. The van der Waals surface area contributed by atoms with E-state index in [0.29, 0.717) is 17.8 Å². The normalized spacial score (nSPS) is 28.3. The molecule has 3 rings (SSSR count). The first-order valence-electron chi connectivity index (χ1n) is 6.95. The third kappa shape index (κ3) is 2.02. The first kappa shape index (κ1) is 12.0. The third-order valence-electron chi connectivity index (χ3n) is 4.32. The van der Waals surface area contributed by atoms with Gasteiger partial charge in [-0.05, 0) is 42.5 Å². The highest BCUT2D eigenvalue weighted by Crippen LogP contribution is 2.39. The van der Waals surface area contributed by atoms with Crippen LogP contribution in [0, 0.1) is 0 Å². The number of phenolic OH excluding ortho intramolecular Hbond substituents is 1. The fraction of sp³-hybridized carbons (Fsp3) is 0.600. The molecular weight excluding hydrogens is 226 g/mol. The molecule has 1 aromatic carbocycles. The second-order valence-electron chi connectivity index (χ2n) is 5.31. The number of aryl methyl sites for hydroxylation is 1. The summed E-state index contributed by atoms with van der Waals surface area (Å²) in [6.07, 6.45) is 3.40. The van der Waals surface area contributed by atoms with Gasteiger partial charge in [0.1, 0.15) is 5.75 Å². The number of rotatable bonds is 2. The summed E-state index contributed by atoms with van der Waals surface area (Å²) in [6, 6.07) is 6.91. The summed E-state index contributed by atoms with van der Waals surface area (Å²) in [5, 5.41) is 9.56. The van der Waals surface area contributed by atoms with Crippen LogP contribution in [0.3, 0.4) is 0 Å². The minimum atomic E-state index is 0.392. The fourth-order valence-electron chi connectivity index (χ4n) is 3.36. The zero-order valence-corrected chi connectivity index (χ0v) is 10.9. The van der Waals surface area contributed by atoms with Crippen LogP contribution in [0.2, 0.25) is 0 Å². The molecule has 3 nitrogen and oxygen atoms in total. The van der Waals surface area contributed by atoms with E-state index in [0.717, 1.165) is 32.6 Å². The predicted molar refractivity (Wildman–Crippen MR) is 70.8 cm³/mol. The summed E-state index contributed by atoms with van der Waals surface area (Å²) >= 11 is 0. The molecule has 1 heterocycles. The van der Waals surface area contributed by atoms with Crippen molar-refractivity contribution in [2.45, 2.75) is 38.3 Å². The second kappa shape index (κ2) is 4.90. The van der Waals surface area contributed by atoms with Gasteiger partial charge >= 0.3 is 0 Å². The fourth-order valence-corrected chi connectivity index (χ4v) is 3.36. The Morgan fingerprint density at radius 1 is 1.44 bits per heavy atom. The van der Waals surface area contributed by atoms with Crippen LogP contribution in [0.5, 0.6) is 5.75 Å². The summed E-state index contributed by atoms with van der Waals surface area (Å²) in [5.41, 5.74) is 2.73. The van der Waals surface area contributed by atoms with Gasteiger partial charge < -0.3 is 9.84 Å². The lowest BCUT2D eigenvalue weighted by atomic mass is 10.0. The van der Waals surface area contributed by atoms with Gasteiger partial charge in [0.2, 0.25) is 0 Å². The van der Waals surface area contributed by atoms with Crippen LogP contribution < -0.4 is 0 Å². The van der Waals surface area contributed by atoms with Gasteiger partial charge in [-0.1, -0.05) is 13.0 Å². The van der Waals surface area contributed by atoms with Crippen molar-refractivity contribution in [1.29, 1.82) is 0 Å². The quantitative estimate of drug-likeness (QED) is 0.871. The lowest BCUT2D eigenvalue weighted by Crippen LogP contribution is -2.46. The number of aromatic hydroxyl groups is 1. The van der Waals surface area contributed by atoms with Gasteiger partial charge in [0.25, 0.3) is 0 Å². The number of hydrogen-bond donors (Lipinski definition) is 1. The summed E-state index contributed by atoms with van der Waals surface area (Å²) < 4.78 is 5.59. The minimum Gasteiger partial charge on any atom is -0.508 e. The van der Waals surface area contributed by atoms with E-state index in [1.54, 1.807) is 0 Å². The van der Waals surface area contributed by atoms with Crippen LogP contribution in [0.25, 0.3) is 0 Å². The zero-order chi connectivity index (χ0) is 12.5. The Kier molecular flexibility index (Phi) is 3.27. The smallest absolute Gasteiger partial charge is 0.115 e. The second-order valence-corrected chi connectivity index (χ2v) is 5.31.